The van der Waals surface area contributed by atoms with E-state index in [2.05, 4.69) is 52.8 Å². The van der Waals surface area contributed by atoms with Crippen LogP contribution >= 0.6 is 11.3 Å². The molecule has 7 heteroatoms. The molecule has 1 aliphatic heterocycles. The summed E-state index contributed by atoms with van der Waals surface area (Å²) < 4.78 is 1.79. The number of hydrogen-bond acceptors (Lipinski definition) is 5. The first-order chi connectivity index (χ1) is 13.1. The SMILES string of the molecule is Cc1ccc(-c2csc(NC(=O)C3(n4cccn4)CCNCC3)n2)c(C)c1. The third-order valence-electron chi connectivity index (χ3n) is 5.18. The number of benzene rings is 1. The van der Waals surface area contributed by atoms with Crippen LogP contribution in [0.3, 0.4) is 0 Å². The van der Waals surface area contributed by atoms with Crippen molar-refractivity contribution in [3.63, 3.8) is 0 Å². The highest BCUT2D eigenvalue weighted by molar-refractivity contribution is 7.14. The maximum Gasteiger partial charge on any atom is 0.254 e. The van der Waals surface area contributed by atoms with E-state index < -0.39 is 5.54 Å². The van der Waals surface area contributed by atoms with Crippen LogP contribution in [0.2, 0.25) is 0 Å². The molecule has 1 fully saturated rings. The van der Waals surface area contributed by atoms with E-state index in [1.54, 1.807) is 10.9 Å². The molecule has 1 amide bonds. The van der Waals surface area contributed by atoms with Crippen molar-refractivity contribution in [3.8, 4) is 11.3 Å². The molecule has 6 nitrogen and oxygen atoms in total. The van der Waals surface area contributed by atoms with Gasteiger partial charge in [-0.05, 0) is 51.4 Å². The summed E-state index contributed by atoms with van der Waals surface area (Å²) >= 11 is 1.46. The van der Waals surface area contributed by atoms with Crippen molar-refractivity contribution in [2.45, 2.75) is 32.2 Å². The van der Waals surface area contributed by atoms with Gasteiger partial charge in [-0.15, -0.1) is 11.3 Å². The Balaban J connectivity index is 1.58. The lowest BCUT2D eigenvalue weighted by atomic mass is 9.87. The van der Waals surface area contributed by atoms with Crippen molar-refractivity contribution >= 4 is 22.4 Å². The lowest BCUT2D eigenvalue weighted by Crippen LogP contribution is -2.52. The number of anilines is 1. The smallest absolute Gasteiger partial charge is 0.254 e. The third kappa shape index (κ3) is 3.40. The number of thiazole rings is 1. The first-order valence-corrected chi connectivity index (χ1v) is 10.0. The molecule has 0 atom stereocenters. The average Bonchev–Trinajstić information content (AvgIpc) is 3.34. The molecule has 0 bridgehead atoms. The third-order valence-corrected chi connectivity index (χ3v) is 5.94. The molecule has 0 aliphatic carbocycles. The Morgan fingerprint density at radius 2 is 2.11 bits per heavy atom. The van der Waals surface area contributed by atoms with Gasteiger partial charge in [0.1, 0.15) is 5.54 Å². The topological polar surface area (TPSA) is 71.8 Å². The number of piperidine rings is 1. The minimum absolute atomic E-state index is 0.0470. The van der Waals surface area contributed by atoms with Crippen LogP contribution < -0.4 is 10.6 Å². The fraction of sp³-hybridized carbons (Fsp3) is 0.350. The molecule has 0 unspecified atom stereocenters. The lowest BCUT2D eigenvalue weighted by molar-refractivity contribution is -0.126. The number of nitrogens with one attached hydrogen (secondary N) is 2. The summed E-state index contributed by atoms with van der Waals surface area (Å²) in [5.41, 5.74) is 3.74. The van der Waals surface area contributed by atoms with Crippen LogP contribution in [0.15, 0.2) is 42.0 Å². The fourth-order valence-electron chi connectivity index (χ4n) is 3.69. The second kappa shape index (κ2) is 7.25. The molecule has 4 rings (SSSR count). The van der Waals surface area contributed by atoms with Crippen molar-refractivity contribution in [3.05, 3.63) is 53.2 Å². The number of aryl methyl sites for hydroxylation is 2. The summed E-state index contributed by atoms with van der Waals surface area (Å²) in [6.07, 6.45) is 5.00. The Labute approximate surface area is 162 Å². The Hall–Kier alpha value is -2.51. The van der Waals surface area contributed by atoms with E-state index in [0.717, 1.165) is 24.3 Å². The fourth-order valence-corrected chi connectivity index (χ4v) is 4.40. The summed E-state index contributed by atoms with van der Waals surface area (Å²) in [7, 11) is 0. The van der Waals surface area contributed by atoms with Crippen LogP contribution in [0.1, 0.15) is 24.0 Å². The van der Waals surface area contributed by atoms with Gasteiger partial charge in [-0.2, -0.15) is 5.10 Å². The molecule has 0 radical (unpaired) electrons. The zero-order valence-electron chi connectivity index (χ0n) is 15.5. The van der Waals surface area contributed by atoms with E-state index in [4.69, 9.17) is 0 Å². The van der Waals surface area contributed by atoms with Crippen molar-refractivity contribution in [2.75, 3.05) is 18.4 Å². The van der Waals surface area contributed by atoms with E-state index >= 15 is 0 Å². The predicted octanol–water partition coefficient (Wildman–Crippen LogP) is 3.34. The number of hydrogen-bond donors (Lipinski definition) is 2. The minimum atomic E-state index is -0.666. The molecule has 1 saturated heterocycles. The molecule has 27 heavy (non-hydrogen) atoms. The van der Waals surface area contributed by atoms with Crippen LogP contribution in [0.25, 0.3) is 11.3 Å². The number of rotatable bonds is 4. The Morgan fingerprint density at radius 1 is 1.30 bits per heavy atom. The van der Waals surface area contributed by atoms with Crippen LogP contribution in [0.4, 0.5) is 5.13 Å². The molecule has 2 aromatic heterocycles. The number of carbonyl (C=O) groups excluding carboxylic acids is 1. The molecule has 3 aromatic rings. The summed E-state index contributed by atoms with van der Waals surface area (Å²) in [6.45, 7) is 5.75. The first-order valence-electron chi connectivity index (χ1n) is 9.14. The van der Waals surface area contributed by atoms with Crippen LogP contribution in [0, 0.1) is 13.8 Å². The lowest BCUT2D eigenvalue weighted by Gasteiger charge is -2.36. The quantitative estimate of drug-likeness (QED) is 0.727. The number of nitrogens with zero attached hydrogens (tertiary/aromatic N) is 3. The molecule has 1 aromatic carbocycles. The zero-order valence-corrected chi connectivity index (χ0v) is 16.3. The van der Waals surface area contributed by atoms with Crippen molar-refractivity contribution < 1.29 is 4.79 Å². The maximum atomic E-state index is 13.2. The van der Waals surface area contributed by atoms with Crippen molar-refractivity contribution in [1.29, 1.82) is 0 Å². The van der Waals surface area contributed by atoms with Gasteiger partial charge in [-0.25, -0.2) is 4.98 Å². The standard InChI is InChI=1S/C20H23N5OS/c1-14-4-5-16(15(2)12-14)17-13-27-19(23-17)24-18(26)20(6-9-21-10-7-20)25-11-3-8-22-25/h3-5,8,11-13,21H,6-7,9-10H2,1-2H3,(H,23,24,26). The van der Waals surface area contributed by atoms with E-state index in [1.807, 2.05) is 17.6 Å². The monoisotopic (exact) mass is 381 g/mol. The summed E-state index contributed by atoms with van der Waals surface area (Å²) in [5.74, 6) is -0.0470. The second-order valence-electron chi connectivity index (χ2n) is 7.04. The van der Waals surface area contributed by atoms with Crippen molar-refractivity contribution in [1.82, 2.24) is 20.1 Å². The largest absolute Gasteiger partial charge is 0.317 e. The minimum Gasteiger partial charge on any atom is -0.317 e. The average molecular weight is 382 g/mol. The van der Waals surface area contributed by atoms with Gasteiger partial charge in [0.05, 0.1) is 5.69 Å². The molecule has 0 spiro atoms. The van der Waals surface area contributed by atoms with Crippen LogP contribution in [-0.2, 0) is 10.3 Å². The van der Waals surface area contributed by atoms with Crippen molar-refractivity contribution in [2.24, 2.45) is 0 Å². The van der Waals surface area contributed by atoms with Gasteiger partial charge in [0.2, 0.25) is 0 Å². The zero-order chi connectivity index (χ0) is 18.9. The molecule has 2 N–H and O–H groups in total. The van der Waals surface area contributed by atoms with Gasteiger partial charge in [0, 0.05) is 23.3 Å². The van der Waals surface area contributed by atoms with E-state index in [1.165, 1.54) is 22.5 Å². The van der Waals surface area contributed by atoms with Crippen LogP contribution in [0.5, 0.6) is 0 Å². The van der Waals surface area contributed by atoms with Gasteiger partial charge in [-0.3, -0.25) is 14.8 Å². The molecular formula is C20H23N5OS. The van der Waals surface area contributed by atoms with Gasteiger partial charge in [0.15, 0.2) is 5.13 Å². The first kappa shape index (κ1) is 17.9. The predicted molar refractivity (Wildman–Crippen MR) is 108 cm³/mol. The van der Waals surface area contributed by atoms with Gasteiger partial charge in [-0.1, -0.05) is 23.8 Å². The van der Waals surface area contributed by atoms with Gasteiger partial charge in [0.25, 0.3) is 5.91 Å². The number of aromatic nitrogens is 3. The van der Waals surface area contributed by atoms with Gasteiger partial charge < -0.3 is 5.32 Å². The highest BCUT2D eigenvalue weighted by atomic mass is 32.1. The molecular weight excluding hydrogens is 358 g/mol. The molecule has 1 aliphatic rings. The normalized spacial score (nSPS) is 16.2. The van der Waals surface area contributed by atoms with E-state index in [-0.39, 0.29) is 5.91 Å². The molecule has 3 heterocycles. The highest BCUT2D eigenvalue weighted by Gasteiger charge is 2.42. The van der Waals surface area contributed by atoms with E-state index in [9.17, 15) is 4.79 Å². The Morgan fingerprint density at radius 3 is 2.81 bits per heavy atom. The summed E-state index contributed by atoms with van der Waals surface area (Å²) in [5, 5.41) is 13.3. The number of carbonyl (C=O) groups is 1. The van der Waals surface area contributed by atoms with E-state index in [0.29, 0.717) is 18.0 Å². The van der Waals surface area contributed by atoms with Gasteiger partial charge >= 0.3 is 0 Å². The maximum absolute atomic E-state index is 13.2. The van der Waals surface area contributed by atoms with Crippen LogP contribution in [-0.4, -0.2) is 33.8 Å². The molecule has 0 saturated carbocycles. The summed E-state index contributed by atoms with van der Waals surface area (Å²) in [4.78, 5) is 17.9. The Bertz CT molecular complexity index is 941. The Kier molecular flexibility index (Phi) is 4.80. The highest BCUT2D eigenvalue weighted by Crippen LogP contribution is 2.31. The molecule has 140 valence electrons. The summed E-state index contributed by atoms with van der Waals surface area (Å²) in [6, 6.07) is 8.18. The number of amides is 1. The second-order valence-corrected chi connectivity index (χ2v) is 7.90.